The second-order valence-electron chi connectivity index (χ2n) is 6.32. The lowest BCUT2D eigenvalue weighted by Gasteiger charge is -2.21. The maximum absolute atomic E-state index is 13.4. The second-order valence-corrected chi connectivity index (χ2v) is 8.15. The number of benzene rings is 2. The fourth-order valence-corrected chi connectivity index (χ4v) is 5.31. The normalized spacial score (nSPS) is 13.6. The maximum Gasteiger partial charge on any atom is 0.264 e. The Balaban J connectivity index is 1.93. The van der Waals surface area contributed by atoms with Crippen molar-refractivity contribution >= 4 is 26.5 Å². The van der Waals surface area contributed by atoms with E-state index in [1.807, 2.05) is 6.07 Å². The fraction of sp³-hybridized carbons (Fsp3) is 0.158. The second kappa shape index (κ2) is 5.71. The Morgan fingerprint density at radius 3 is 2.81 bits per heavy atom. The summed E-state index contributed by atoms with van der Waals surface area (Å²) in [4.78, 5) is 0.198. The van der Waals surface area contributed by atoms with E-state index in [1.165, 1.54) is 16.7 Å². The van der Waals surface area contributed by atoms with E-state index in [1.54, 1.807) is 37.3 Å². The zero-order valence-corrected chi connectivity index (χ0v) is 14.9. The van der Waals surface area contributed by atoms with Crippen molar-refractivity contribution in [1.82, 2.24) is 0 Å². The number of hydrogen-bond donors (Lipinski definition) is 1. The molecule has 1 aliphatic heterocycles. The molecule has 130 valence electrons. The van der Waals surface area contributed by atoms with E-state index in [0.717, 1.165) is 10.3 Å². The third-order valence-electron chi connectivity index (χ3n) is 4.69. The predicted octanol–water partition coefficient (Wildman–Crippen LogP) is 2.30. The van der Waals surface area contributed by atoms with Crippen molar-refractivity contribution in [1.29, 1.82) is 5.26 Å². The number of hydrogen-bond acceptors (Lipinski definition) is 4. The molecule has 1 aromatic heterocycles. The van der Waals surface area contributed by atoms with Gasteiger partial charge in [0.05, 0.1) is 27.6 Å². The Hall–Kier alpha value is -3.11. The molecular formula is C19H16N3O3S+. The first-order chi connectivity index (χ1) is 12.4. The predicted molar refractivity (Wildman–Crippen MR) is 95.5 cm³/mol. The SMILES string of the molecule is Cc1c[n+](O)cc2cccc(S(=O)(=O)N3CCc4ccc(C#N)cc43)c12. The number of fused-ring (bicyclic) bond motifs is 2. The molecule has 0 aliphatic carbocycles. The summed E-state index contributed by atoms with van der Waals surface area (Å²) in [6.45, 7) is 2.11. The van der Waals surface area contributed by atoms with Crippen LogP contribution in [0, 0.1) is 18.3 Å². The van der Waals surface area contributed by atoms with Crippen LogP contribution in [0.25, 0.3) is 10.8 Å². The van der Waals surface area contributed by atoms with Crippen molar-refractivity contribution in [2.24, 2.45) is 0 Å². The Bertz CT molecular complexity index is 1200. The van der Waals surface area contributed by atoms with Crippen molar-refractivity contribution in [3.05, 3.63) is 65.5 Å². The first-order valence-electron chi connectivity index (χ1n) is 8.11. The molecule has 0 fully saturated rings. The highest BCUT2D eigenvalue weighted by atomic mass is 32.2. The van der Waals surface area contributed by atoms with Crippen molar-refractivity contribution in [2.75, 3.05) is 10.8 Å². The highest BCUT2D eigenvalue weighted by Gasteiger charge is 2.33. The van der Waals surface area contributed by atoms with Crippen LogP contribution in [-0.4, -0.2) is 20.2 Å². The number of rotatable bonds is 2. The molecule has 4 rings (SSSR count). The van der Waals surface area contributed by atoms with Gasteiger partial charge in [-0.3, -0.25) is 9.51 Å². The molecule has 1 N–H and O–H groups in total. The summed E-state index contributed by atoms with van der Waals surface area (Å²) in [5.74, 6) is 0. The van der Waals surface area contributed by atoms with E-state index in [9.17, 15) is 13.6 Å². The highest BCUT2D eigenvalue weighted by molar-refractivity contribution is 7.93. The van der Waals surface area contributed by atoms with Crippen LogP contribution in [0.2, 0.25) is 0 Å². The maximum atomic E-state index is 13.4. The van der Waals surface area contributed by atoms with E-state index in [4.69, 9.17) is 5.26 Å². The minimum absolute atomic E-state index is 0.198. The first kappa shape index (κ1) is 16.4. The zero-order chi connectivity index (χ0) is 18.5. The lowest BCUT2D eigenvalue weighted by atomic mass is 10.1. The molecule has 26 heavy (non-hydrogen) atoms. The van der Waals surface area contributed by atoms with Crippen LogP contribution < -0.4 is 9.04 Å². The Kier molecular flexibility index (Phi) is 3.60. The molecule has 0 saturated heterocycles. The summed E-state index contributed by atoms with van der Waals surface area (Å²) in [5.41, 5.74) is 2.57. The molecule has 0 spiro atoms. The van der Waals surface area contributed by atoms with Gasteiger partial charge in [0.15, 0.2) is 0 Å². The largest absolute Gasteiger partial charge is 0.285 e. The van der Waals surface area contributed by atoms with Crippen LogP contribution in [0.3, 0.4) is 0 Å². The molecule has 0 unspecified atom stereocenters. The molecule has 3 aromatic rings. The van der Waals surface area contributed by atoms with E-state index in [-0.39, 0.29) is 4.90 Å². The van der Waals surface area contributed by atoms with Gasteiger partial charge in [0.2, 0.25) is 12.4 Å². The molecule has 2 aromatic carbocycles. The number of anilines is 1. The number of pyridine rings is 1. The van der Waals surface area contributed by atoms with Gasteiger partial charge < -0.3 is 0 Å². The number of sulfonamides is 1. The van der Waals surface area contributed by atoms with Gasteiger partial charge in [-0.2, -0.15) is 5.26 Å². The van der Waals surface area contributed by atoms with Gasteiger partial charge in [-0.1, -0.05) is 12.1 Å². The smallest absolute Gasteiger partial charge is 0.264 e. The number of nitrogens with zero attached hydrogens (tertiary/aromatic N) is 3. The van der Waals surface area contributed by atoms with Gasteiger partial charge in [0.1, 0.15) is 0 Å². The zero-order valence-electron chi connectivity index (χ0n) is 14.0. The van der Waals surface area contributed by atoms with Crippen LogP contribution >= 0.6 is 0 Å². The summed E-state index contributed by atoms with van der Waals surface area (Å²) in [6, 6.07) is 12.2. The monoisotopic (exact) mass is 366 g/mol. The Labute approximate surface area is 151 Å². The van der Waals surface area contributed by atoms with Crippen molar-refractivity contribution in [3.63, 3.8) is 0 Å². The average molecular weight is 366 g/mol. The molecule has 1 aliphatic rings. The Morgan fingerprint density at radius 2 is 2.04 bits per heavy atom. The third kappa shape index (κ3) is 2.38. The number of nitriles is 1. The van der Waals surface area contributed by atoms with Crippen molar-refractivity contribution in [3.8, 4) is 6.07 Å². The van der Waals surface area contributed by atoms with Crippen LogP contribution in [0.5, 0.6) is 0 Å². The topological polar surface area (TPSA) is 85.3 Å². The minimum Gasteiger partial charge on any atom is -0.285 e. The van der Waals surface area contributed by atoms with Gasteiger partial charge in [-0.05, 0) is 43.2 Å². The number of aryl methyl sites for hydroxylation is 1. The van der Waals surface area contributed by atoms with Gasteiger partial charge in [-0.25, -0.2) is 8.42 Å². The van der Waals surface area contributed by atoms with Gasteiger partial charge >= 0.3 is 0 Å². The quantitative estimate of drug-likeness (QED) is 0.557. The molecule has 7 heteroatoms. The van der Waals surface area contributed by atoms with Crippen molar-refractivity contribution < 1.29 is 18.4 Å². The van der Waals surface area contributed by atoms with E-state index < -0.39 is 10.0 Å². The molecular weight excluding hydrogens is 350 g/mol. The molecule has 0 saturated carbocycles. The molecule has 0 amide bonds. The minimum atomic E-state index is -3.81. The van der Waals surface area contributed by atoms with E-state index in [0.29, 0.717) is 40.6 Å². The van der Waals surface area contributed by atoms with Crippen LogP contribution in [0.4, 0.5) is 5.69 Å². The fourth-order valence-electron chi connectivity index (χ4n) is 3.52. The average Bonchev–Trinajstić information content (AvgIpc) is 3.04. The van der Waals surface area contributed by atoms with Gasteiger partial charge in [0, 0.05) is 22.2 Å². The van der Waals surface area contributed by atoms with Crippen LogP contribution in [-0.2, 0) is 16.4 Å². The van der Waals surface area contributed by atoms with Crippen molar-refractivity contribution in [2.45, 2.75) is 18.2 Å². The summed E-state index contributed by atoms with van der Waals surface area (Å²) in [7, 11) is -3.81. The summed E-state index contributed by atoms with van der Waals surface area (Å²) in [5, 5.41) is 20.1. The molecule has 0 radical (unpaired) electrons. The van der Waals surface area contributed by atoms with E-state index >= 15 is 0 Å². The standard InChI is InChI=1S/C19H16N3O3S/c1-13-11-21(23)12-16-3-2-4-18(19(13)16)26(24,25)22-8-7-15-6-5-14(10-20)9-17(15)22/h2-6,9,11-12,23H,7-8H2,1H3/q+1. The van der Waals surface area contributed by atoms with Crippen LogP contribution in [0.1, 0.15) is 16.7 Å². The summed E-state index contributed by atoms with van der Waals surface area (Å²) >= 11 is 0. The Morgan fingerprint density at radius 1 is 1.23 bits per heavy atom. The lowest BCUT2D eigenvalue weighted by Crippen LogP contribution is -2.31. The van der Waals surface area contributed by atoms with E-state index in [2.05, 4.69) is 6.07 Å². The summed E-state index contributed by atoms with van der Waals surface area (Å²) in [6.07, 6.45) is 3.57. The third-order valence-corrected chi connectivity index (χ3v) is 6.54. The molecule has 0 atom stereocenters. The lowest BCUT2D eigenvalue weighted by molar-refractivity contribution is -0.904. The number of aromatic nitrogens is 1. The molecule has 6 nitrogen and oxygen atoms in total. The highest BCUT2D eigenvalue weighted by Crippen LogP contribution is 2.36. The summed E-state index contributed by atoms with van der Waals surface area (Å²) < 4.78 is 29.1. The van der Waals surface area contributed by atoms with Gasteiger partial charge in [0.25, 0.3) is 10.0 Å². The van der Waals surface area contributed by atoms with Gasteiger partial charge in [-0.15, -0.1) is 0 Å². The first-order valence-corrected chi connectivity index (χ1v) is 9.55. The molecule has 2 heterocycles. The molecule has 0 bridgehead atoms. The van der Waals surface area contributed by atoms with Crippen LogP contribution in [0.15, 0.2) is 53.7 Å².